The fraction of sp³-hybridized carbons (Fsp3) is 0.706. The molecule has 3 heterocycles. The van der Waals surface area contributed by atoms with Gasteiger partial charge in [-0.05, 0) is 43.7 Å². The van der Waals surface area contributed by atoms with Gasteiger partial charge in [-0.15, -0.1) is 0 Å². The minimum atomic E-state index is -4.91. The molecule has 172 valence electrons. The minimum absolute atomic E-state index is 0.0891. The smallest absolute Gasteiger partial charge is 0.361 e. The Labute approximate surface area is 182 Å². The summed E-state index contributed by atoms with van der Waals surface area (Å²) in [5.74, 6) is 0.626. The van der Waals surface area contributed by atoms with Gasteiger partial charge in [0.05, 0.1) is 37.5 Å². The Morgan fingerprint density at radius 1 is 1.26 bits per heavy atom. The molecular formula is C17H25ClN5O7P. The van der Waals surface area contributed by atoms with Crippen LogP contribution in [0.2, 0.25) is 5.28 Å². The van der Waals surface area contributed by atoms with Gasteiger partial charge in [-0.1, -0.05) is 0 Å². The van der Waals surface area contributed by atoms with Crippen molar-refractivity contribution in [3.8, 4) is 0 Å². The number of hydrogen-bond acceptors (Lipinski definition) is 9. The number of fused-ring (bicyclic) bond motifs is 1. The Kier molecular flexibility index (Phi) is 6.53. The van der Waals surface area contributed by atoms with Crippen molar-refractivity contribution < 1.29 is 34.0 Å². The Morgan fingerprint density at radius 2 is 2.00 bits per heavy atom. The first-order valence-electron chi connectivity index (χ1n) is 10.0. The standard InChI is InChI=1S/C17H25ClN5O7P/c18-16-21-14(20-10-2-1-3-10)12-6-19-23(15(12)22-16)13-5-4-11(30-13)7-29-17(8-24,9-25)31(26,27)28/h6,10-11,13,24-25H,1-5,7-9H2,(H,20,21,22)(H2,26,27,28). The summed E-state index contributed by atoms with van der Waals surface area (Å²) in [6.45, 7) is -2.27. The van der Waals surface area contributed by atoms with E-state index in [1.165, 1.54) is 6.42 Å². The highest BCUT2D eigenvalue weighted by atomic mass is 35.5. The van der Waals surface area contributed by atoms with Crippen molar-refractivity contribution in [1.29, 1.82) is 0 Å². The van der Waals surface area contributed by atoms with Crippen LogP contribution in [0.4, 0.5) is 5.82 Å². The van der Waals surface area contributed by atoms with Crippen molar-refractivity contribution in [2.75, 3.05) is 25.1 Å². The molecule has 0 amide bonds. The number of ether oxygens (including phenoxy) is 2. The van der Waals surface area contributed by atoms with Gasteiger partial charge in [-0.2, -0.15) is 15.1 Å². The molecule has 0 radical (unpaired) electrons. The van der Waals surface area contributed by atoms with E-state index in [4.69, 9.17) is 21.1 Å². The minimum Gasteiger partial charge on any atom is -0.393 e. The lowest BCUT2D eigenvalue weighted by molar-refractivity contribution is -0.109. The zero-order valence-corrected chi connectivity index (χ0v) is 18.2. The van der Waals surface area contributed by atoms with Crippen LogP contribution < -0.4 is 5.32 Å². The molecule has 0 bridgehead atoms. The molecule has 14 heteroatoms. The second-order valence-corrected chi connectivity index (χ2v) is 10.1. The van der Waals surface area contributed by atoms with E-state index < -0.39 is 38.5 Å². The molecule has 2 aromatic heterocycles. The molecule has 2 aromatic rings. The number of aromatic nitrogens is 4. The van der Waals surface area contributed by atoms with E-state index in [2.05, 4.69) is 20.4 Å². The average Bonchev–Trinajstić information content (AvgIpc) is 3.31. The molecule has 2 atom stereocenters. The number of hydrogen-bond donors (Lipinski definition) is 5. The van der Waals surface area contributed by atoms with E-state index in [9.17, 15) is 24.6 Å². The summed E-state index contributed by atoms with van der Waals surface area (Å²) in [7, 11) is -4.91. The van der Waals surface area contributed by atoms with Crippen LogP contribution in [0.3, 0.4) is 0 Å². The van der Waals surface area contributed by atoms with E-state index in [0.717, 1.165) is 18.2 Å². The number of aliphatic hydroxyl groups excluding tert-OH is 2. The van der Waals surface area contributed by atoms with Crippen LogP contribution in [0.15, 0.2) is 6.20 Å². The topological polar surface area (TPSA) is 172 Å². The molecule has 1 aliphatic carbocycles. The number of halogens is 1. The number of rotatable bonds is 9. The summed E-state index contributed by atoms with van der Waals surface area (Å²) < 4.78 is 24.4. The molecule has 0 aromatic carbocycles. The van der Waals surface area contributed by atoms with Gasteiger partial charge in [0, 0.05) is 6.04 Å². The van der Waals surface area contributed by atoms with Crippen molar-refractivity contribution in [2.24, 2.45) is 0 Å². The lowest BCUT2D eigenvalue weighted by Gasteiger charge is -2.31. The lowest BCUT2D eigenvalue weighted by atomic mass is 9.93. The maximum atomic E-state index is 11.6. The fourth-order valence-corrected chi connectivity index (χ4v) is 4.39. The van der Waals surface area contributed by atoms with Crippen molar-refractivity contribution >= 4 is 36.0 Å². The van der Waals surface area contributed by atoms with Crippen LogP contribution in [-0.4, -0.2) is 77.1 Å². The van der Waals surface area contributed by atoms with Gasteiger partial charge in [0.1, 0.15) is 5.82 Å². The molecule has 12 nitrogen and oxygen atoms in total. The molecule has 2 unspecified atom stereocenters. The highest BCUT2D eigenvalue weighted by Crippen LogP contribution is 2.51. The first kappa shape index (κ1) is 22.8. The van der Waals surface area contributed by atoms with E-state index in [0.29, 0.717) is 30.3 Å². The van der Waals surface area contributed by atoms with Crippen LogP contribution in [-0.2, 0) is 14.0 Å². The SMILES string of the molecule is O=P(O)(O)C(CO)(CO)OCC1CCC(n2ncc3c(NC4CCC4)nc(Cl)nc32)O1. The molecule has 1 saturated heterocycles. The second kappa shape index (κ2) is 8.87. The van der Waals surface area contributed by atoms with E-state index >= 15 is 0 Å². The Morgan fingerprint density at radius 3 is 2.61 bits per heavy atom. The molecular weight excluding hydrogens is 453 g/mol. The number of nitrogens with zero attached hydrogens (tertiary/aromatic N) is 4. The number of aliphatic hydroxyl groups is 2. The lowest BCUT2D eigenvalue weighted by Crippen LogP contribution is -2.42. The highest BCUT2D eigenvalue weighted by Gasteiger charge is 2.48. The van der Waals surface area contributed by atoms with Crippen molar-refractivity contribution in [1.82, 2.24) is 19.7 Å². The molecule has 1 aliphatic heterocycles. The number of nitrogens with one attached hydrogen (secondary N) is 1. The third-order valence-electron chi connectivity index (χ3n) is 5.79. The summed E-state index contributed by atoms with van der Waals surface area (Å²) in [5, 5.41) is 25.0. The van der Waals surface area contributed by atoms with Crippen molar-refractivity contribution in [3.05, 3.63) is 11.5 Å². The van der Waals surface area contributed by atoms with Gasteiger partial charge < -0.3 is 34.8 Å². The quantitative estimate of drug-likeness (QED) is 0.257. The van der Waals surface area contributed by atoms with Gasteiger partial charge in [0.15, 0.2) is 11.9 Å². The van der Waals surface area contributed by atoms with Crippen LogP contribution in [0.25, 0.3) is 11.0 Å². The summed E-state index contributed by atoms with van der Waals surface area (Å²) in [4.78, 5) is 27.5. The van der Waals surface area contributed by atoms with Crippen molar-refractivity contribution in [3.63, 3.8) is 0 Å². The molecule has 31 heavy (non-hydrogen) atoms. The van der Waals surface area contributed by atoms with Crippen LogP contribution in [0, 0.1) is 0 Å². The first-order valence-corrected chi connectivity index (χ1v) is 12.0. The Hall–Kier alpha value is -1.37. The average molecular weight is 478 g/mol. The summed E-state index contributed by atoms with van der Waals surface area (Å²) >= 11 is 6.12. The van der Waals surface area contributed by atoms with Crippen LogP contribution in [0.5, 0.6) is 0 Å². The van der Waals surface area contributed by atoms with Gasteiger partial charge >= 0.3 is 7.60 Å². The predicted octanol–water partition coefficient (Wildman–Crippen LogP) is 0.997. The van der Waals surface area contributed by atoms with Crippen LogP contribution >= 0.6 is 19.2 Å². The largest absolute Gasteiger partial charge is 0.393 e. The molecule has 2 fully saturated rings. The molecule has 5 N–H and O–H groups in total. The van der Waals surface area contributed by atoms with E-state index in [1.54, 1.807) is 10.9 Å². The first-order chi connectivity index (χ1) is 14.8. The summed E-state index contributed by atoms with van der Waals surface area (Å²) in [6, 6.07) is 0.356. The zero-order chi connectivity index (χ0) is 22.2. The zero-order valence-electron chi connectivity index (χ0n) is 16.6. The Bertz CT molecular complexity index is 977. The third kappa shape index (κ3) is 4.44. The monoisotopic (exact) mass is 477 g/mol. The van der Waals surface area contributed by atoms with E-state index in [-0.39, 0.29) is 11.9 Å². The van der Waals surface area contributed by atoms with Gasteiger partial charge in [0.2, 0.25) is 10.6 Å². The Balaban J connectivity index is 1.47. The molecule has 1 saturated carbocycles. The normalized spacial score (nSPS) is 22.7. The molecule has 0 spiro atoms. The second-order valence-electron chi connectivity index (χ2n) is 7.85. The summed E-state index contributed by atoms with van der Waals surface area (Å²) in [6.07, 6.45) is 5.04. The van der Waals surface area contributed by atoms with Gasteiger partial charge in [-0.3, -0.25) is 4.57 Å². The van der Waals surface area contributed by atoms with Crippen molar-refractivity contribution in [2.45, 2.75) is 55.8 Å². The van der Waals surface area contributed by atoms with Crippen LogP contribution in [0.1, 0.15) is 38.3 Å². The summed E-state index contributed by atoms with van der Waals surface area (Å²) in [5.41, 5.74) is 0.517. The van der Waals surface area contributed by atoms with Gasteiger partial charge in [0.25, 0.3) is 0 Å². The third-order valence-corrected chi connectivity index (χ3v) is 7.44. The number of anilines is 1. The fourth-order valence-electron chi connectivity index (χ4n) is 3.61. The maximum Gasteiger partial charge on any atom is 0.361 e. The predicted molar refractivity (Wildman–Crippen MR) is 110 cm³/mol. The van der Waals surface area contributed by atoms with E-state index in [1.807, 2.05) is 0 Å². The maximum absolute atomic E-state index is 11.6. The molecule has 4 rings (SSSR count). The highest BCUT2D eigenvalue weighted by molar-refractivity contribution is 7.53. The molecule has 2 aliphatic rings. The van der Waals surface area contributed by atoms with Gasteiger partial charge in [-0.25, -0.2) is 4.68 Å².